The highest BCUT2D eigenvalue weighted by Gasteiger charge is 2.12. The smallest absolute Gasteiger partial charge is 0.279 e. The first-order valence-electron chi connectivity index (χ1n) is 13.8. The van der Waals surface area contributed by atoms with E-state index in [0.717, 1.165) is 31.6 Å². The van der Waals surface area contributed by atoms with Crippen LogP contribution in [0.15, 0.2) is 82.8 Å². The molecule has 0 atom stereocenters. The molecule has 216 valence electrons. The van der Waals surface area contributed by atoms with E-state index in [1.807, 2.05) is 23.2 Å². The molecule has 0 aliphatic carbocycles. The lowest BCUT2D eigenvalue weighted by Crippen LogP contribution is -2.13. The van der Waals surface area contributed by atoms with Crippen LogP contribution in [0.1, 0.15) is 43.0 Å². The standard InChI is InChI=1S/C34H30N4O3S2/c1-19-15-21(3)29-27(17-19)42-33(37(29)5)35-31(39)23-7-11-25(12-8-23)41-26-13-9-24(10-14-26)32(40)36-34-38(6)30-22(4)16-20(2)18-28(30)43-34/h7-18H,1-6H3. The summed E-state index contributed by atoms with van der Waals surface area (Å²) in [7, 11) is 3.87. The quantitative estimate of drug-likeness (QED) is 0.211. The Bertz CT molecular complexity index is 2040. The Morgan fingerprint density at radius 2 is 0.977 bits per heavy atom. The third kappa shape index (κ3) is 5.61. The summed E-state index contributed by atoms with van der Waals surface area (Å²) in [4.78, 5) is 36.0. The van der Waals surface area contributed by atoms with E-state index in [-0.39, 0.29) is 11.8 Å². The molecule has 43 heavy (non-hydrogen) atoms. The molecule has 4 aromatic carbocycles. The SMILES string of the molecule is Cc1cc(C)c2c(c1)sc(=NC(=O)c1ccc(Oc3ccc(C(=O)N=c4sc5cc(C)cc(C)c5n4C)cc3)cc1)n2C. The van der Waals surface area contributed by atoms with Crippen LogP contribution in [0, 0.1) is 27.7 Å². The van der Waals surface area contributed by atoms with E-state index in [2.05, 4.69) is 61.9 Å². The van der Waals surface area contributed by atoms with Crippen LogP contribution < -0.4 is 14.3 Å². The number of aryl methyl sites for hydroxylation is 6. The number of amides is 2. The Kier molecular flexibility index (Phi) is 7.45. The van der Waals surface area contributed by atoms with Crippen LogP contribution in [-0.2, 0) is 14.1 Å². The lowest BCUT2D eigenvalue weighted by atomic mass is 10.1. The van der Waals surface area contributed by atoms with E-state index in [4.69, 9.17) is 4.74 Å². The number of thiazole rings is 2. The van der Waals surface area contributed by atoms with Crippen LogP contribution in [0.5, 0.6) is 11.5 Å². The third-order valence-corrected chi connectivity index (χ3v) is 9.46. The molecule has 0 saturated carbocycles. The van der Waals surface area contributed by atoms with Crippen molar-refractivity contribution in [2.24, 2.45) is 24.1 Å². The molecule has 2 aromatic heterocycles. The topological polar surface area (TPSA) is 78.0 Å². The first-order valence-corrected chi connectivity index (χ1v) is 15.4. The number of benzene rings is 4. The van der Waals surface area contributed by atoms with Crippen LogP contribution >= 0.6 is 22.7 Å². The Morgan fingerprint density at radius 3 is 1.35 bits per heavy atom. The van der Waals surface area contributed by atoms with Crippen LogP contribution in [-0.4, -0.2) is 20.9 Å². The van der Waals surface area contributed by atoms with Gasteiger partial charge in [-0.15, -0.1) is 0 Å². The molecular weight excluding hydrogens is 577 g/mol. The van der Waals surface area contributed by atoms with Gasteiger partial charge in [0.05, 0.1) is 20.4 Å². The lowest BCUT2D eigenvalue weighted by molar-refractivity contribution is 0.0989. The Hall–Kier alpha value is -4.60. The molecule has 0 aliphatic rings. The minimum Gasteiger partial charge on any atom is -0.457 e. The summed E-state index contributed by atoms with van der Waals surface area (Å²) in [6.07, 6.45) is 0. The summed E-state index contributed by atoms with van der Waals surface area (Å²) >= 11 is 3.01. The Labute approximate surface area is 256 Å². The number of aromatic nitrogens is 2. The van der Waals surface area contributed by atoms with Gasteiger partial charge in [-0.05, 0) is 111 Å². The monoisotopic (exact) mass is 606 g/mol. The number of ether oxygens (including phenoxy) is 1. The van der Waals surface area contributed by atoms with Gasteiger partial charge in [0.1, 0.15) is 11.5 Å². The van der Waals surface area contributed by atoms with Crippen LogP contribution in [0.3, 0.4) is 0 Å². The van der Waals surface area contributed by atoms with Gasteiger partial charge in [-0.2, -0.15) is 9.98 Å². The van der Waals surface area contributed by atoms with E-state index in [9.17, 15) is 9.59 Å². The molecule has 0 bridgehead atoms. The zero-order valence-corrected chi connectivity index (χ0v) is 26.4. The fourth-order valence-corrected chi connectivity index (χ4v) is 7.73. The maximum absolute atomic E-state index is 12.9. The first-order chi connectivity index (χ1) is 20.6. The van der Waals surface area contributed by atoms with Crippen molar-refractivity contribution >= 4 is 54.9 Å². The number of hydrogen-bond donors (Lipinski definition) is 0. The van der Waals surface area contributed by atoms with E-state index in [0.29, 0.717) is 32.2 Å². The number of rotatable bonds is 4. The molecule has 2 amide bonds. The molecule has 0 N–H and O–H groups in total. The second kappa shape index (κ2) is 11.2. The summed E-state index contributed by atoms with van der Waals surface area (Å²) in [6.45, 7) is 8.27. The number of carbonyl (C=O) groups excluding carboxylic acids is 2. The average molecular weight is 607 g/mol. The van der Waals surface area contributed by atoms with Crippen molar-refractivity contribution in [3.8, 4) is 11.5 Å². The largest absolute Gasteiger partial charge is 0.457 e. The number of carbonyl (C=O) groups is 2. The van der Waals surface area contributed by atoms with Gasteiger partial charge in [-0.25, -0.2) is 0 Å². The molecule has 0 aliphatic heterocycles. The van der Waals surface area contributed by atoms with Gasteiger partial charge < -0.3 is 13.9 Å². The van der Waals surface area contributed by atoms with Crippen molar-refractivity contribution < 1.29 is 14.3 Å². The van der Waals surface area contributed by atoms with Gasteiger partial charge in [-0.1, -0.05) is 34.8 Å². The van der Waals surface area contributed by atoms with Gasteiger partial charge in [0.15, 0.2) is 9.60 Å². The highest BCUT2D eigenvalue weighted by atomic mass is 32.1. The van der Waals surface area contributed by atoms with Crippen molar-refractivity contribution in [1.29, 1.82) is 0 Å². The highest BCUT2D eigenvalue weighted by molar-refractivity contribution is 7.16. The summed E-state index contributed by atoms with van der Waals surface area (Å²) in [6, 6.07) is 22.3. The van der Waals surface area contributed by atoms with Crippen molar-refractivity contribution in [2.75, 3.05) is 0 Å². The van der Waals surface area contributed by atoms with Crippen molar-refractivity contribution in [3.05, 3.63) is 116 Å². The first kappa shape index (κ1) is 28.5. The summed E-state index contributed by atoms with van der Waals surface area (Å²) < 4.78 is 12.1. The van der Waals surface area contributed by atoms with Gasteiger partial charge >= 0.3 is 0 Å². The Balaban J connectivity index is 1.16. The summed E-state index contributed by atoms with van der Waals surface area (Å²) in [5, 5.41) is 0. The second-order valence-electron chi connectivity index (χ2n) is 10.7. The van der Waals surface area contributed by atoms with Crippen molar-refractivity contribution in [1.82, 2.24) is 9.13 Å². The van der Waals surface area contributed by atoms with Gasteiger partial charge in [0, 0.05) is 25.2 Å². The van der Waals surface area contributed by atoms with E-state index >= 15 is 0 Å². The molecule has 0 saturated heterocycles. The second-order valence-corrected chi connectivity index (χ2v) is 12.7. The molecule has 2 heterocycles. The zero-order valence-electron chi connectivity index (χ0n) is 24.8. The maximum atomic E-state index is 12.9. The lowest BCUT2D eigenvalue weighted by Gasteiger charge is -2.06. The molecule has 0 spiro atoms. The minimum absolute atomic E-state index is 0.313. The fraction of sp³-hybridized carbons (Fsp3) is 0.176. The molecule has 0 fully saturated rings. The molecule has 7 nitrogen and oxygen atoms in total. The normalized spacial score (nSPS) is 12.4. The van der Waals surface area contributed by atoms with Gasteiger partial charge in [-0.3, -0.25) is 9.59 Å². The van der Waals surface area contributed by atoms with Crippen LogP contribution in [0.2, 0.25) is 0 Å². The summed E-state index contributed by atoms with van der Waals surface area (Å²) in [5.41, 5.74) is 7.81. The predicted molar refractivity (Wildman–Crippen MR) is 173 cm³/mol. The predicted octanol–water partition coefficient (Wildman–Crippen LogP) is 7.30. The Morgan fingerprint density at radius 1 is 0.605 bits per heavy atom. The van der Waals surface area contributed by atoms with E-state index in [1.54, 1.807) is 48.5 Å². The number of hydrogen-bond acceptors (Lipinski definition) is 5. The van der Waals surface area contributed by atoms with Crippen LogP contribution in [0.25, 0.3) is 20.4 Å². The number of nitrogens with zero attached hydrogens (tertiary/aromatic N) is 4. The molecule has 6 aromatic rings. The molecule has 0 radical (unpaired) electrons. The minimum atomic E-state index is -0.313. The van der Waals surface area contributed by atoms with E-state index in [1.165, 1.54) is 33.8 Å². The van der Waals surface area contributed by atoms with Crippen molar-refractivity contribution in [2.45, 2.75) is 27.7 Å². The van der Waals surface area contributed by atoms with Crippen LogP contribution in [0.4, 0.5) is 0 Å². The maximum Gasteiger partial charge on any atom is 0.279 e. The number of fused-ring (bicyclic) bond motifs is 2. The zero-order chi connectivity index (χ0) is 30.4. The molecular formula is C34H30N4O3S2. The molecule has 9 heteroatoms. The molecule has 6 rings (SSSR count). The van der Waals surface area contributed by atoms with Crippen molar-refractivity contribution in [3.63, 3.8) is 0 Å². The third-order valence-electron chi connectivity index (χ3n) is 7.30. The highest BCUT2D eigenvalue weighted by Crippen LogP contribution is 2.25. The van der Waals surface area contributed by atoms with Gasteiger partial charge in [0.2, 0.25) is 0 Å². The summed E-state index contributed by atoms with van der Waals surface area (Å²) in [5.74, 6) is 0.516. The van der Waals surface area contributed by atoms with Gasteiger partial charge in [0.25, 0.3) is 11.8 Å². The fourth-order valence-electron chi connectivity index (χ4n) is 5.35. The average Bonchev–Trinajstić information content (AvgIpc) is 3.44. The molecule has 0 unspecified atom stereocenters. The van der Waals surface area contributed by atoms with E-state index < -0.39 is 0 Å².